The molecule has 1 aliphatic rings. The number of H-pyrrole nitrogens is 1. The standard InChI is InChI=1S/C17H21FN2O2/c18-13-6-5-7-14-15(13)12(10-19-14)16(21)20-11-17(22)8-3-1-2-4-9-17/h5-7,10,19,22H,1-4,8-9,11H2,(H,20,21). The first-order chi connectivity index (χ1) is 10.6. The molecule has 1 fully saturated rings. The molecule has 118 valence electrons. The molecule has 1 saturated carbocycles. The van der Waals surface area contributed by atoms with Crippen LogP contribution in [0.4, 0.5) is 4.39 Å². The lowest BCUT2D eigenvalue weighted by Gasteiger charge is -2.26. The second kappa shape index (κ2) is 6.08. The maximum atomic E-state index is 13.9. The van der Waals surface area contributed by atoms with E-state index in [2.05, 4.69) is 10.3 Å². The second-order valence-electron chi connectivity index (χ2n) is 6.19. The van der Waals surface area contributed by atoms with Crippen LogP contribution in [0.2, 0.25) is 0 Å². The van der Waals surface area contributed by atoms with Gasteiger partial charge in [-0.25, -0.2) is 4.39 Å². The SMILES string of the molecule is O=C(NCC1(O)CCCCCC1)c1c[nH]c2cccc(F)c12. The molecule has 5 heteroatoms. The largest absolute Gasteiger partial charge is 0.388 e. The zero-order valence-electron chi connectivity index (χ0n) is 12.5. The maximum Gasteiger partial charge on any atom is 0.253 e. The van der Waals surface area contributed by atoms with Gasteiger partial charge in [0.05, 0.1) is 11.2 Å². The minimum absolute atomic E-state index is 0.215. The topological polar surface area (TPSA) is 65.1 Å². The summed E-state index contributed by atoms with van der Waals surface area (Å²) < 4.78 is 13.9. The summed E-state index contributed by atoms with van der Waals surface area (Å²) in [6.45, 7) is 0.215. The minimum atomic E-state index is -0.836. The summed E-state index contributed by atoms with van der Waals surface area (Å²) in [6, 6.07) is 4.67. The molecule has 0 aliphatic heterocycles. The van der Waals surface area contributed by atoms with E-state index in [-0.39, 0.29) is 18.0 Å². The van der Waals surface area contributed by atoms with Crippen molar-refractivity contribution in [2.45, 2.75) is 44.1 Å². The van der Waals surface area contributed by atoms with Gasteiger partial charge in [-0.2, -0.15) is 0 Å². The quantitative estimate of drug-likeness (QED) is 0.763. The molecule has 1 aromatic heterocycles. The molecule has 1 heterocycles. The predicted molar refractivity (Wildman–Crippen MR) is 83.2 cm³/mol. The Bertz CT molecular complexity index is 672. The van der Waals surface area contributed by atoms with Gasteiger partial charge >= 0.3 is 0 Å². The van der Waals surface area contributed by atoms with Gasteiger partial charge in [0, 0.05) is 23.6 Å². The van der Waals surface area contributed by atoms with Gasteiger partial charge < -0.3 is 15.4 Å². The summed E-state index contributed by atoms with van der Waals surface area (Å²) in [5.41, 5.74) is 0.0419. The highest BCUT2D eigenvalue weighted by molar-refractivity contribution is 6.06. The lowest BCUT2D eigenvalue weighted by atomic mass is 9.94. The monoisotopic (exact) mass is 304 g/mol. The molecule has 1 amide bonds. The average molecular weight is 304 g/mol. The highest BCUT2D eigenvalue weighted by atomic mass is 19.1. The molecule has 3 N–H and O–H groups in total. The first-order valence-electron chi connectivity index (χ1n) is 7.85. The van der Waals surface area contributed by atoms with Gasteiger partial charge in [0.1, 0.15) is 5.82 Å². The lowest BCUT2D eigenvalue weighted by Crippen LogP contribution is -2.42. The Morgan fingerprint density at radius 2 is 2.00 bits per heavy atom. The molecule has 3 rings (SSSR count). The third-order valence-corrected chi connectivity index (χ3v) is 4.51. The van der Waals surface area contributed by atoms with Crippen molar-refractivity contribution in [2.75, 3.05) is 6.54 Å². The van der Waals surface area contributed by atoms with Gasteiger partial charge in [-0.1, -0.05) is 31.7 Å². The molecule has 2 aromatic rings. The Balaban J connectivity index is 1.73. The van der Waals surface area contributed by atoms with Crippen LogP contribution in [0.25, 0.3) is 10.9 Å². The van der Waals surface area contributed by atoms with Crippen LogP contribution in [0, 0.1) is 5.82 Å². The number of carbonyl (C=O) groups excluding carboxylic acids is 1. The predicted octanol–water partition coefficient (Wildman–Crippen LogP) is 3.12. The molecular formula is C17H21FN2O2. The van der Waals surface area contributed by atoms with Gasteiger partial charge in [0.2, 0.25) is 0 Å². The number of aromatic nitrogens is 1. The third-order valence-electron chi connectivity index (χ3n) is 4.51. The van der Waals surface area contributed by atoms with Crippen molar-refractivity contribution >= 4 is 16.8 Å². The zero-order chi connectivity index (χ0) is 15.6. The molecule has 1 aromatic carbocycles. The molecule has 0 spiro atoms. The van der Waals surface area contributed by atoms with E-state index in [1.165, 1.54) is 12.3 Å². The van der Waals surface area contributed by atoms with Crippen LogP contribution in [0.15, 0.2) is 24.4 Å². The fourth-order valence-corrected chi connectivity index (χ4v) is 3.22. The van der Waals surface area contributed by atoms with Crippen molar-refractivity contribution in [1.82, 2.24) is 10.3 Å². The number of hydrogen-bond donors (Lipinski definition) is 3. The number of aliphatic hydroxyl groups is 1. The smallest absolute Gasteiger partial charge is 0.253 e. The lowest BCUT2D eigenvalue weighted by molar-refractivity contribution is 0.0246. The van der Waals surface area contributed by atoms with E-state index in [9.17, 15) is 14.3 Å². The van der Waals surface area contributed by atoms with Gasteiger partial charge in [0.15, 0.2) is 0 Å². The fourth-order valence-electron chi connectivity index (χ4n) is 3.22. The summed E-state index contributed by atoms with van der Waals surface area (Å²) in [7, 11) is 0. The Kier molecular flexibility index (Phi) is 4.16. The number of amides is 1. The highest BCUT2D eigenvalue weighted by Crippen LogP contribution is 2.27. The number of benzene rings is 1. The molecule has 1 aliphatic carbocycles. The van der Waals surface area contributed by atoms with Crippen molar-refractivity contribution in [3.8, 4) is 0 Å². The van der Waals surface area contributed by atoms with E-state index in [0.717, 1.165) is 25.7 Å². The van der Waals surface area contributed by atoms with Crippen LogP contribution in [-0.4, -0.2) is 28.1 Å². The van der Waals surface area contributed by atoms with Crippen molar-refractivity contribution in [1.29, 1.82) is 0 Å². The summed E-state index contributed by atoms with van der Waals surface area (Å²) in [4.78, 5) is 15.2. The number of nitrogens with one attached hydrogen (secondary N) is 2. The van der Waals surface area contributed by atoms with E-state index in [1.54, 1.807) is 12.1 Å². The third kappa shape index (κ3) is 2.99. The molecular weight excluding hydrogens is 283 g/mol. The van der Waals surface area contributed by atoms with Gasteiger partial charge in [-0.15, -0.1) is 0 Å². The summed E-state index contributed by atoms with van der Waals surface area (Å²) in [6.07, 6.45) is 7.14. The summed E-state index contributed by atoms with van der Waals surface area (Å²) in [5.74, 6) is -0.772. The van der Waals surface area contributed by atoms with Crippen LogP contribution in [0.3, 0.4) is 0 Å². The summed E-state index contributed by atoms with van der Waals surface area (Å²) >= 11 is 0. The molecule has 0 saturated heterocycles. The Labute approximate surface area is 128 Å². The molecule has 0 atom stereocenters. The molecule has 0 unspecified atom stereocenters. The highest BCUT2D eigenvalue weighted by Gasteiger charge is 2.29. The van der Waals surface area contributed by atoms with Gasteiger partial charge in [-0.3, -0.25) is 4.79 Å². The number of fused-ring (bicyclic) bond motifs is 1. The van der Waals surface area contributed by atoms with Crippen LogP contribution in [-0.2, 0) is 0 Å². The average Bonchev–Trinajstić information content (AvgIpc) is 2.83. The van der Waals surface area contributed by atoms with Gasteiger partial charge in [0.25, 0.3) is 5.91 Å². The molecule has 22 heavy (non-hydrogen) atoms. The van der Waals surface area contributed by atoms with Crippen LogP contribution < -0.4 is 5.32 Å². The number of carbonyl (C=O) groups is 1. The Morgan fingerprint density at radius 3 is 2.73 bits per heavy atom. The van der Waals surface area contributed by atoms with Crippen molar-refractivity contribution in [2.24, 2.45) is 0 Å². The molecule has 4 nitrogen and oxygen atoms in total. The number of hydrogen-bond acceptors (Lipinski definition) is 2. The molecule has 0 radical (unpaired) electrons. The Hall–Kier alpha value is -1.88. The van der Waals surface area contributed by atoms with Crippen molar-refractivity contribution in [3.05, 3.63) is 35.8 Å². The number of halogens is 1. The van der Waals surface area contributed by atoms with E-state index in [1.807, 2.05) is 0 Å². The summed E-state index contributed by atoms with van der Waals surface area (Å²) in [5, 5.41) is 13.6. The number of aromatic amines is 1. The van der Waals surface area contributed by atoms with E-state index >= 15 is 0 Å². The van der Waals surface area contributed by atoms with Crippen molar-refractivity contribution in [3.63, 3.8) is 0 Å². The fraction of sp³-hybridized carbons (Fsp3) is 0.471. The first kappa shape index (κ1) is 15.0. The van der Waals surface area contributed by atoms with Crippen molar-refractivity contribution < 1.29 is 14.3 Å². The maximum absolute atomic E-state index is 13.9. The number of rotatable bonds is 3. The second-order valence-corrected chi connectivity index (χ2v) is 6.19. The van der Waals surface area contributed by atoms with Gasteiger partial charge in [-0.05, 0) is 25.0 Å². The van der Waals surface area contributed by atoms with E-state index < -0.39 is 11.4 Å². The van der Waals surface area contributed by atoms with Crippen LogP contribution in [0.1, 0.15) is 48.9 Å². The molecule has 0 bridgehead atoms. The Morgan fingerprint density at radius 1 is 1.27 bits per heavy atom. The van der Waals surface area contributed by atoms with Crippen LogP contribution in [0.5, 0.6) is 0 Å². The van der Waals surface area contributed by atoms with E-state index in [4.69, 9.17) is 0 Å². The zero-order valence-corrected chi connectivity index (χ0v) is 12.5. The van der Waals surface area contributed by atoms with E-state index in [0.29, 0.717) is 23.7 Å². The van der Waals surface area contributed by atoms with Crippen LogP contribution >= 0.6 is 0 Å². The first-order valence-corrected chi connectivity index (χ1v) is 7.85. The minimum Gasteiger partial charge on any atom is -0.388 e. The normalized spacial score (nSPS) is 18.1.